The van der Waals surface area contributed by atoms with Gasteiger partial charge in [-0.15, -0.1) is 0 Å². The van der Waals surface area contributed by atoms with Crippen LogP contribution in [0.4, 0.5) is 0 Å². The first kappa shape index (κ1) is 8.11. The van der Waals surface area contributed by atoms with Crippen molar-refractivity contribution < 1.29 is 4.42 Å². The fourth-order valence-corrected chi connectivity index (χ4v) is 1.50. The first-order valence-corrected chi connectivity index (χ1v) is 4.53. The Morgan fingerprint density at radius 1 is 1.08 bits per heavy atom. The van der Waals surface area contributed by atoms with Crippen LogP contribution in [-0.4, -0.2) is 0 Å². The third kappa shape index (κ3) is 1.50. The molecule has 0 aliphatic heterocycles. The highest BCUT2D eigenvalue weighted by Crippen LogP contribution is 2.23. The Balaban J connectivity index is 2.51. The van der Waals surface area contributed by atoms with Crippen LogP contribution in [0, 0.1) is 0 Å². The van der Waals surface area contributed by atoms with E-state index in [0.717, 1.165) is 12.2 Å². The van der Waals surface area contributed by atoms with Crippen LogP contribution in [0.1, 0.15) is 12.5 Å². The largest absolute Gasteiger partial charge is 0.464 e. The molecule has 1 heteroatoms. The molecule has 0 atom stereocenters. The Morgan fingerprint density at radius 3 is 2.62 bits per heavy atom. The molecule has 0 aliphatic rings. The van der Waals surface area contributed by atoms with E-state index >= 15 is 0 Å². The van der Waals surface area contributed by atoms with E-state index in [9.17, 15) is 0 Å². The van der Waals surface area contributed by atoms with E-state index in [0.29, 0.717) is 0 Å². The predicted octanol–water partition coefficient (Wildman–Crippen LogP) is 3.51. The van der Waals surface area contributed by atoms with Crippen molar-refractivity contribution in [2.75, 3.05) is 0 Å². The van der Waals surface area contributed by atoms with E-state index < -0.39 is 0 Å². The topological polar surface area (TPSA) is 13.1 Å². The Kier molecular flexibility index (Phi) is 2.17. The van der Waals surface area contributed by atoms with E-state index in [1.54, 1.807) is 6.26 Å². The van der Waals surface area contributed by atoms with Crippen molar-refractivity contribution in [3.05, 3.63) is 48.2 Å². The monoisotopic (exact) mass is 172 g/mol. The van der Waals surface area contributed by atoms with Crippen LogP contribution in [0.15, 0.2) is 47.1 Å². The Morgan fingerprint density at radius 2 is 1.92 bits per heavy atom. The minimum Gasteiger partial charge on any atom is -0.464 e. The molecule has 1 aromatic heterocycles. The van der Waals surface area contributed by atoms with Gasteiger partial charge in [0.15, 0.2) is 0 Å². The van der Waals surface area contributed by atoms with Crippen LogP contribution in [0.5, 0.6) is 0 Å². The maximum atomic E-state index is 5.36. The second-order valence-electron chi connectivity index (χ2n) is 2.99. The third-order valence-corrected chi connectivity index (χ3v) is 2.18. The van der Waals surface area contributed by atoms with Gasteiger partial charge in [0.1, 0.15) is 5.76 Å². The molecule has 0 radical (unpaired) electrons. The molecule has 0 saturated heterocycles. The minimum atomic E-state index is 0.956. The molecule has 0 bridgehead atoms. The zero-order chi connectivity index (χ0) is 9.10. The molecule has 0 amide bonds. The summed E-state index contributed by atoms with van der Waals surface area (Å²) in [6.07, 6.45) is 2.75. The summed E-state index contributed by atoms with van der Waals surface area (Å²) >= 11 is 0. The molecule has 0 unspecified atom stereocenters. The van der Waals surface area contributed by atoms with Gasteiger partial charge < -0.3 is 4.42 Å². The molecular formula is C12H12O. The lowest BCUT2D eigenvalue weighted by atomic mass is 10.0. The molecule has 1 aromatic carbocycles. The Labute approximate surface area is 78.0 Å². The van der Waals surface area contributed by atoms with E-state index in [-0.39, 0.29) is 0 Å². The lowest BCUT2D eigenvalue weighted by Crippen LogP contribution is -1.84. The van der Waals surface area contributed by atoms with Gasteiger partial charge in [0.2, 0.25) is 0 Å². The molecule has 0 aliphatic carbocycles. The van der Waals surface area contributed by atoms with Gasteiger partial charge in [-0.25, -0.2) is 0 Å². The summed E-state index contributed by atoms with van der Waals surface area (Å²) < 4.78 is 5.36. The first-order valence-electron chi connectivity index (χ1n) is 4.53. The highest BCUT2D eigenvalue weighted by atomic mass is 16.3. The average molecular weight is 172 g/mol. The van der Waals surface area contributed by atoms with Gasteiger partial charge in [0.25, 0.3) is 0 Å². The number of hydrogen-bond donors (Lipinski definition) is 0. The number of furan rings is 1. The van der Waals surface area contributed by atoms with Crippen molar-refractivity contribution in [3.63, 3.8) is 0 Å². The highest BCUT2D eigenvalue weighted by Gasteiger charge is 2.03. The quantitative estimate of drug-likeness (QED) is 0.675. The summed E-state index contributed by atoms with van der Waals surface area (Å²) in [4.78, 5) is 0. The van der Waals surface area contributed by atoms with Gasteiger partial charge in [0, 0.05) is 5.56 Å². The van der Waals surface area contributed by atoms with Crippen molar-refractivity contribution in [3.8, 4) is 11.3 Å². The van der Waals surface area contributed by atoms with E-state index in [1.807, 2.05) is 18.2 Å². The second-order valence-corrected chi connectivity index (χ2v) is 2.99. The van der Waals surface area contributed by atoms with Gasteiger partial charge >= 0.3 is 0 Å². The number of rotatable bonds is 2. The lowest BCUT2D eigenvalue weighted by molar-refractivity contribution is 0.581. The summed E-state index contributed by atoms with van der Waals surface area (Å²) in [7, 11) is 0. The average Bonchev–Trinajstić information content (AvgIpc) is 2.70. The molecule has 1 heterocycles. The van der Waals surface area contributed by atoms with E-state index in [1.165, 1.54) is 11.1 Å². The van der Waals surface area contributed by atoms with Gasteiger partial charge in [-0.05, 0) is 24.1 Å². The molecule has 2 rings (SSSR count). The summed E-state index contributed by atoms with van der Waals surface area (Å²) in [5.74, 6) is 0.956. The van der Waals surface area contributed by atoms with Crippen LogP contribution in [-0.2, 0) is 6.42 Å². The summed E-state index contributed by atoms with van der Waals surface area (Å²) in [6, 6.07) is 12.2. The maximum absolute atomic E-state index is 5.36. The molecule has 0 spiro atoms. The van der Waals surface area contributed by atoms with Gasteiger partial charge in [0.05, 0.1) is 6.26 Å². The first-order chi connectivity index (χ1) is 6.42. The second kappa shape index (κ2) is 3.48. The van der Waals surface area contributed by atoms with Gasteiger partial charge in [-0.2, -0.15) is 0 Å². The Hall–Kier alpha value is -1.50. The minimum absolute atomic E-state index is 0.956. The zero-order valence-corrected chi connectivity index (χ0v) is 7.66. The zero-order valence-electron chi connectivity index (χ0n) is 7.66. The smallest absolute Gasteiger partial charge is 0.134 e. The maximum Gasteiger partial charge on any atom is 0.134 e. The molecule has 0 fully saturated rings. The standard InChI is InChI=1S/C12H12O/c1-2-10-6-3-4-7-11(10)12-8-5-9-13-12/h3-9H,2H2,1H3. The highest BCUT2D eigenvalue weighted by molar-refractivity contribution is 5.61. The lowest BCUT2D eigenvalue weighted by Gasteiger charge is -2.03. The predicted molar refractivity (Wildman–Crippen MR) is 53.5 cm³/mol. The number of benzene rings is 1. The molecule has 66 valence electrons. The normalized spacial score (nSPS) is 10.2. The number of aryl methyl sites for hydroxylation is 1. The summed E-state index contributed by atoms with van der Waals surface area (Å²) in [6.45, 7) is 2.15. The SMILES string of the molecule is CCc1ccccc1-c1ccco1. The van der Waals surface area contributed by atoms with Crippen molar-refractivity contribution >= 4 is 0 Å². The van der Waals surface area contributed by atoms with E-state index in [4.69, 9.17) is 4.42 Å². The molecule has 13 heavy (non-hydrogen) atoms. The Bertz CT molecular complexity index is 374. The van der Waals surface area contributed by atoms with Gasteiger partial charge in [-0.1, -0.05) is 31.2 Å². The van der Waals surface area contributed by atoms with Crippen molar-refractivity contribution in [1.82, 2.24) is 0 Å². The third-order valence-electron chi connectivity index (χ3n) is 2.18. The summed E-state index contributed by atoms with van der Waals surface area (Å²) in [5, 5.41) is 0. The van der Waals surface area contributed by atoms with Crippen LogP contribution in [0.25, 0.3) is 11.3 Å². The fourth-order valence-electron chi connectivity index (χ4n) is 1.50. The van der Waals surface area contributed by atoms with Gasteiger partial charge in [-0.3, -0.25) is 0 Å². The van der Waals surface area contributed by atoms with E-state index in [2.05, 4.69) is 25.1 Å². The van der Waals surface area contributed by atoms with Crippen LogP contribution in [0.3, 0.4) is 0 Å². The molecular weight excluding hydrogens is 160 g/mol. The summed E-state index contributed by atoms with van der Waals surface area (Å²) in [5.41, 5.74) is 2.53. The fraction of sp³-hybridized carbons (Fsp3) is 0.167. The van der Waals surface area contributed by atoms with Crippen LogP contribution >= 0.6 is 0 Å². The molecule has 1 nitrogen and oxygen atoms in total. The van der Waals surface area contributed by atoms with Crippen molar-refractivity contribution in [1.29, 1.82) is 0 Å². The number of hydrogen-bond acceptors (Lipinski definition) is 1. The van der Waals surface area contributed by atoms with Crippen molar-refractivity contribution in [2.24, 2.45) is 0 Å². The van der Waals surface area contributed by atoms with Crippen molar-refractivity contribution in [2.45, 2.75) is 13.3 Å². The van der Waals surface area contributed by atoms with Crippen LogP contribution in [0.2, 0.25) is 0 Å². The van der Waals surface area contributed by atoms with Crippen LogP contribution < -0.4 is 0 Å². The molecule has 0 N–H and O–H groups in total. The molecule has 2 aromatic rings. The molecule has 0 saturated carbocycles.